The number of hydrogen-bond acceptors (Lipinski definition) is 5. The van der Waals surface area contributed by atoms with Gasteiger partial charge in [-0.05, 0) is 38.0 Å². The van der Waals surface area contributed by atoms with Crippen LogP contribution in [0.3, 0.4) is 0 Å². The Morgan fingerprint density at radius 1 is 0.955 bits per heavy atom. The summed E-state index contributed by atoms with van der Waals surface area (Å²) >= 11 is 0. The van der Waals surface area contributed by atoms with E-state index in [0.717, 1.165) is 35.5 Å². The van der Waals surface area contributed by atoms with E-state index in [1.54, 1.807) is 28.1 Å². The highest BCUT2D eigenvalue weighted by atomic mass is 31.2. The van der Waals surface area contributed by atoms with Crippen molar-refractivity contribution in [1.29, 1.82) is 0 Å². The molecule has 0 radical (unpaired) electrons. The van der Waals surface area contributed by atoms with Crippen LogP contribution in [0.4, 0.5) is 0 Å². The molecule has 0 spiro atoms. The first kappa shape index (κ1) is 19.0. The molecule has 0 bridgehead atoms. The minimum Gasteiger partial charge on any atom is -0.496 e. The van der Waals surface area contributed by atoms with Crippen molar-refractivity contribution in [2.75, 3.05) is 27.4 Å². The quantitative estimate of drug-likeness (QED) is 0.594. The predicted octanol–water partition coefficient (Wildman–Crippen LogP) is 4.42. The van der Waals surface area contributed by atoms with Gasteiger partial charge in [0.1, 0.15) is 11.5 Å². The molecule has 5 nitrogen and oxygen atoms in total. The topological polar surface area (TPSA) is 54.0 Å². The van der Waals surface area contributed by atoms with Gasteiger partial charge in [0.2, 0.25) is 0 Å². The average molecular weight is 330 g/mol. The molecule has 22 heavy (non-hydrogen) atoms. The zero-order valence-electron chi connectivity index (χ0n) is 14.2. The third-order valence-electron chi connectivity index (χ3n) is 3.20. The van der Waals surface area contributed by atoms with Gasteiger partial charge in [-0.1, -0.05) is 13.3 Å². The van der Waals surface area contributed by atoms with E-state index in [-0.39, 0.29) is 6.16 Å². The fourth-order valence-electron chi connectivity index (χ4n) is 2.37. The molecule has 6 heteroatoms. The SMILES string of the molecule is CCCc1c(OC)cc(CP(=O)(OCC)OCC)cc1OC. The highest BCUT2D eigenvalue weighted by Gasteiger charge is 2.25. The van der Waals surface area contributed by atoms with Gasteiger partial charge in [-0.15, -0.1) is 0 Å². The van der Waals surface area contributed by atoms with Gasteiger partial charge >= 0.3 is 7.60 Å². The van der Waals surface area contributed by atoms with E-state index in [1.807, 2.05) is 12.1 Å². The highest BCUT2D eigenvalue weighted by Crippen LogP contribution is 2.52. The van der Waals surface area contributed by atoms with Gasteiger partial charge in [0.25, 0.3) is 0 Å². The van der Waals surface area contributed by atoms with E-state index < -0.39 is 7.60 Å². The maximum atomic E-state index is 12.7. The molecule has 126 valence electrons. The average Bonchev–Trinajstić information content (AvgIpc) is 2.48. The lowest BCUT2D eigenvalue weighted by Crippen LogP contribution is -2.02. The van der Waals surface area contributed by atoms with Crippen LogP contribution in [-0.2, 0) is 26.2 Å². The molecule has 0 aromatic heterocycles. The molecule has 0 amide bonds. The lowest BCUT2D eigenvalue weighted by molar-refractivity contribution is 0.219. The maximum absolute atomic E-state index is 12.7. The van der Waals surface area contributed by atoms with Crippen molar-refractivity contribution in [2.24, 2.45) is 0 Å². The van der Waals surface area contributed by atoms with E-state index in [2.05, 4.69) is 6.92 Å². The first-order chi connectivity index (χ1) is 10.5. The zero-order chi connectivity index (χ0) is 16.6. The largest absolute Gasteiger partial charge is 0.496 e. The first-order valence-corrected chi connectivity index (χ1v) is 9.38. The zero-order valence-corrected chi connectivity index (χ0v) is 15.1. The molecule has 0 heterocycles. The van der Waals surface area contributed by atoms with Gasteiger partial charge in [-0.25, -0.2) is 0 Å². The summed E-state index contributed by atoms with van der Waals surface area (Å²) in [5, 5.41) is 0. The third kappa shape index (κ3) is 5.01. The Bertz CT molecular complexity index is 480. The molecule has 1 rings (SSSR count). The molecule has 1 aromatic carbocycles. The van der Waals surface area contributed by atoms with Gasteiger partial charge in [0.05, 0.1) is 33.6 Å². The first-order valence-electron chi connectivity index (χ1n) is 7.65. The monoisotopic (exact) mass is 330 g/mol. The van der Waals surface area contributed by atoms with E-state index in [1.165, 1.54) is 0 Å². The minimum atomic E-state index is -3.14. The summed E-state index contributed by atoms with van der Waals surface area (Å²) in [7, 11) is 0.111. The Balaban J connectivity index is 3.16. The molecule has 0 saturated heterocycles. The van der Waals surface area contributed by atoms with E-state index in [9.17, 15) is 4.57 Å². The second-order valence-corrected chi connectivity index (χ2v) is 6.89. The molecule has 0 saturated carbocycles. The van der Waals surface area contributed by atoms with Gasteiger partial charge in [-0.2, -0.15) is 0 Å². The van der Waals surface area contributed by atoms with E-state index in [0.29, 0.717) is 13.2 Å². The number of benzene rings is 1. The fraction of sp³-hybridized carbons (Fsp3) is 0.625. The predicted molar refractivity (Wildman–Crippen MR) is 88.1 cm³/mol. The van der Waals surface area contributed by atoms with Crippen molar-refractivity contribution >= 4 is 7.60 Å². The standard InChI is InChI=1S/C16H27O5P/c1-6-9-14-15(18-4)10-13(11-16(14)19-5)12-22(17,20-7-2)21-8-3/h10-11H,6-9,12H2,1-5H3. The van der Waals surface area contributed by atoms with Crippen molar-refractivity contribution in [3.8, 4) is 11.5 Å². The molecular formula is C16H27O5P. The lowest BCUT2D eigenvalue weighted by atomic mass is 10.1. The van der Waals surface area contributed by atoms with Crippen molar-refractivity contribution in [3.63, 3.8) is 0 Å². The molecule has 0 aliphatic heterocycles. The van der Waals surface area contributed by atoms with Gasteiger partial charge in [-0.3, -0.25) is 4.57 Å². The molecule has 0 aliphatic carbocycles. The van der Waals surface area contributed by atoms with Crippen LogP contribution in [0, 0.1) is 0 Å². The summed E-state index contributed by atoms with van der Waals surface area (Å²) < 4.78 is 34.3. The Hall–Kier alpha value is -1.03. The highest BCUT2D eigenvalue weighted by molar-refractivity contribution is 7.53. The third-order valence-corrected chi connectivity index (χ3v) is 5.25. The van der Waals surface area contributed by atoms with Gasteiger partial charge in [0, 0.05) is 5.56 Å². The number of methoxy groups -OCH3 is 2. The summed E-state index contributed by atoms with van der Waals surface area (Å²) in [6.45, 7) is 6.40. The van der Waals surface area contributed by atoms with Gasteiger partial charge < -0.3 is 18.5 Å². The summed E-state index contributed by atoms with van der Waals surface area (Å²) in [4.78, 5) is 0. The summed E-state index contributed by atoms with van der Waals surface area (Å²) in [6, 6.07) is 3.77. The maximum Gasteiger partial charge on any atom is 0.335 e. The van der Waals surface area contributed by atoms with Crippen molar-refractivity contribution in [3.05, 3.63) is 23.3 Å². The number of ether oxygens (including phenoxy) is 2. The van der Waals surface area contributed by atoms with Crippen molar-refractivity contribution in [2.45, 2.75) is 39.8 Å². The Morgan fingerprint density at radius 3 is 1.82 bits per heavy atom. The van der Waals surface area contributed by atoms with Crippen LogP contribution in [0.25, 0.3) is 0 Å². The fourth-order valence-corrected chi connectivity index (χ4v) is 4.05. The summed E-state index contributed by atoms with van der Waals surface area (Å²) in [5.41, 5.74) is 1.85. The Morgan fingerprint density at radius 2 is 1.45 bits per heavy atom. The van der Waals surface area contributed by atoms with Crippen LogP contribution in [0.15, 0.2) is 12.1 Å². The normalized spacial score (nSPS) is 11.5. The second kappa shape index (κ2) is 9.19. The smallest absolute Gasteiger partial charge is 0.335 e. The second-order valence-electron chi connectivity index (χ2n) is 4.83. The van der Waals surface area contributed by atoms with Crippen molar-refractivity contribution in [1.82, 2.24) is 0 Å². The van der Waals surface area contributed by atoms with Crippen LogP contribution in [0.1, 0.15) is 38.3 Å². The minimum absolute atomic E-state index is 0.202. The molecule has 0 unspecified atom stereocenters. The Kier molecular flexibility index (Phi) is 7.94. The molecule has 1 aromatic rings. The van der Waals surface area contributed by atoms with Crippen LogP contribution >= 0.6 is 7.60 Å². The summed E-state index contributed by atoms with van der Waals surface area (Å²) in [6.07, 6.45) is 2.05. The number of hydrogen-bond donors (Lipinski definition) is 0. The van der Waals surface area contributed by atoms with E-state index >= 15 is 0 Å². The van der Waals surface area contributed by atoms with Gasteiger partial charge in [0.15, 0.2) is 0 Å². The van der Waals surface area contributed by atoms with Crippen LogP contribution in [-0.4, -0.2) is 27.4 Å². The molecule has 0 N–H and O–H groups in total. The van der Waals surface area contributed by atoms with Crippen LogP contribution in [0.5, 0.6) is 11.5 Å². The molecule has 0 fully saturated rings. The molecular weight excluding hydrogens is 303 g/mol. The Labute approximate surface area is 133 Å². The lowest BCUT2D eigenvalue weighted by Gasteiger charge is -2.19. The molecule has 0 aliphatic rings. The number of rotatable bonds is 10. The van der Waals surface area contributed by atoms with E-state index in [4.69, 9.17) is 18.5 Å². The van der Waals surface area contributed by atoms with Crippen molar-refractivity contribution < 1.29 is 23.1 Å². The van der Waals surface area contributed by atoms with Crippen LogP contribution in [0.2, 0.25) is 0 Å². The molecule has 0 atom stereocenters. The summed E-state index contributed by atoms with van der Waals surface area (Å²) in [5.74, 6) is 1.49. The van der Waals surface area contributed by atoms with Crippen LogP contribution < -0.4 is 9.47 Å².